The summed E-state index contributed by atoms with van der Waals surface area (Å²) in [4.78, 5) is 0. The van der Waals surface area contributed by atoms with Crippen molar-refractivity contribution in [2.45, 2.75) is 32.9 Å². The molecule has 2 atom stereocenters. The van der Waals surface area contributed by atoms with Gasteiger partial charge in [0.25, 0.3) is 0 Å². The molecule has 18 heavy (non-hydrogen) atoms. The second-order valence-electron chi connectivity index (χ2n) is 4.50. The van der Waals surface area contributed by atoms with Crippen LogP contribution in [0.25, 0.3) is 0 Å². The SMILES string of the molecule is CCC1(CC)[C@@H]2NC(Cl)=C(C#N)[C@]1(C#N)C(=N)O2. The third-order valence-corrected chi connectivity index (χ3v) is 4.52. The maximum Gasteiger partial charge on any atom is 0.209 e. The highest BCUT2D eigenvalue weighted by molar-refractivity contribution is 6.30. The van der Waals surface area contributed by atoms with E-state index in [1.807, 2.05) is 19.9 Å². The zero-order valence-corrected chi connectivity index (χ0v) is 10.9. The average Bonchev–Trinajstić information content (AvgIpc) is 2.53. The first-order valence-corrected chi connectivity index (χ1v) is 6.15. The standard InChI is InChI=1S/C12H13ClN4O/c1-3-11(4-2)10-17-8(13)7(5-14)12(11,6-15)9(16)18-10/h10,16-17H,3-4H2,1-2H3/t10-,12-/m1/s1. The van der Waals surface area contributed by atoms with Crippen LogP contribution < -0.4 is 5.32 Å². The number of rotatable bonds is 2. The zero-order chi connectivity index (χ0) is 13.6. The lowest BCUT2D eigenvalue weighted by Crippen LogP contribution is -2.54. The van der Waals surface area contributed by atoms with Crippen LogP contribution in [0.2, 0.25) is 0 Å². The van der Waals surface area contributed by atoms with Crippen molar-refractivity contribution in [3.05, 3.63) is 10.7 Å². The highest BCUT2D eigenvalue weighted by atomic mass is 35.5. The Morgan fingerprint density at radius 3 is 2.50 bits per heavy atom. The molecule has 0 aliphatic carbocycles. The quantitative estimate of drug-likeness (QED) is 0.748. The molecule has 94 valence electrons. The van der Waals surface area contributed by atoms with Gasteiger partial charge in [-0.15, -0.1) is 0 Å². The molecule has 0 aromatic rings. The third-order valence-electron chi connectivity index (χ3n) is 4.22. The first kappa shape index (κ1) is 12.7. The number of hydrogen-bond acceptors (Lipinski definition) is 5. The largest absolute Gasteiger partial charge is 0.455 e. The molecule has 2 N–H and O–H groups in total. The number of fused-ring (bicyclic) bond motifs is 2. The van der Waals surface area contributed by atoms with Crippen LogP contribution in [-0.4, -0.2) is 12.1 Å². The van der Waals surface area contributed by atoms with Crippen molar-refractivity contribution in [3.8, 4) is 12.1 Å². The van der Waals surface area contributed by atoms with Crippen molar-refractivity contribution >= 4 is 17.5 Å². The monoisotopic (exact) mass is 264 g/mol. The minimum Gasteiger partial charge on any atom is -0.455 e. The number of nitrogens with zero attached hydrogens (tertiary/aromatic N) is 2. The smallest absolute Gasteiger partial charge is 0.209 e. The van der Waals surface area contributed by atoms with Gasteiger partial charge in [-0.25, -0.2) is 0 Å². The highest BCUT2D eigenvalue weighted by Gasteiger charge is 2.70. The highest BCUT2D eigenvalue weighted by Crippen LogP contribution is 2.60. The lowest BCUT2D eigenvalue weighted by molar-refractivity contribution is 0.0296. The van der Waals surface area contributed by atoms with Crippen LogP contribution in [0.3, 0.4) is 0 Å². The number of halogens is 1. The average molecular weight is 265 g/mol. The summed E-state index contributed by atoms with van der Waals surface area (Å²) in [5.41, 5.74) is -1.89. The van der Waals surface area contributed by atoms with E-state index >= 15 is 0 Å². The van der Waals surface area contributed by atoms with Gasteiger partial charge in [-0.3, -0.25) is 5.41 Å². The second-order valence-corrected chi connectivity index (χ2v) is 4.88. The summed E-state index contributed by atoms with van der Waals surface area (Å²) in [6.07, 6.45) is 0.711. The van der Waals surface area contributed by atoms with Crippen LogP contribution in [0.5, 0.6) is 0 Å². The topological polar surface area (TPSA) is 92.7 Å². The van der Waals surface area contributed by atoms with Crippen molar-refractivity contribution in [1.29, 1.82) is 15.9 Å². The molecule has 0 spiro atoms. The molecule has 6 heteroatoms. The fourth-order valence-electron chi connectivity index (χ4n) is 3.13. The summed E-state index contributed by atoms with van der Waals surface area (Å²) in [7, 11) is 0. The molecule has 2 rings (SSSR count). The van der Waals surface area contributed by atoms with Crippen LogP contribution in [0.1, 0.15) is 26.7 Å². The first-order chi connectivity index (χ1) is 8.53. The van der Waals surface area contributed by atoms with Gasteiger partial charge in [0.2, 0.25) is 5.90 Å². The molecule has 0 aromatic carbocycles. The molecule has 0 radical (unpaired) electrons. The number of hydrogen-bond donors (Lipinski definition) is 2. The molecule has 5 nitrogen and oxygen atoms in total. The van der Waals surface area contributed by atoms with Gasteiger partial charge < -0.3 is 10.1 Å². The third kappa shape index (κ3) is 1.08. The van der Waals surface area contributed by atoms with Gasteiger partial charge in [-0.1, -0.05) is 25.4 Å². The van der Waals surface area contributed by atoms with E-state index in [9.17, 15) is 10.5 Å². The van der Waals surface area contributed by atoms with Crippen LogP contribution >= 0.6 is 11.6 Å². The van der Waals surface area contributed by atoms with Gasteiger partial charge >= 0.3 is 0 Å². The maximum absolute atomic E-state index is 9.61. The Labute approximate surface area is 110 Å². The van der Waals surface area contributed by atoms with Crippen molar-refractivity contribution in [2.24, 2.45) is 10.8 Å². The van der Waals surface area contributed by atoms with Crippen molar-refractivity contribution < 1.29 is 4.74 Å². The second kappa shape index (κ2) is 3.90. The van der Waals surface area contributed by atoms with Gasteiger partial charge in [0.15, 0.2) is 11.6 Å². The molecule has 0 unspecified atom stereocenters. The number of nitriles is 2. The Morgan fingerprint density at radius 1 is 1.44 bits per heavy atom. The van der Waals surface area contributed by atoms with E-state index in [1.165, 1.54) is 0 Å². The van der Waals surface area contributed by atoms with E-state index < -0.39 is 17.1 Å². The summed E-state index contributed by atoms with van der Waals surface area (Å²) in [5, 5.41) is 29.9. The number of nitrogens with one attached hydrogen (secondary N) is 2. The molecule has 2 heterocycles. The minimum atomic E-state index is -1.36. The summed E-state index contributed by atoms with van der Waals surface area (Å²) in [6.45, 7) is 3.86. The molecule has 0 aromatic heterocycles. The van der Waals surface area contributed by atoms with E-state index in [2.05, 4.69) is 11.4 Å². The molecule has 2 bridgehead atoms. The summed E-state index contributed by atoms with van der Waals surface area (Å²) < 4.78 is 5.45. The van der Waals surface area contributed by atoms with Crippen molar-refractivity contribution in [3.63, 3.8) is 0 Å². The fourth-order valence-corrected chi connectivity index (χ4v) is 3.41. The summed E-state index contributed by atoms with van der Waals surface area (Å²) >= 11 is 6.01. The zero-order valence-electron chi connectivity index (χ0n) is 10.2. The van der Waals surface area contributed by atoms with E-state index in [1.54, 1.807) is 0 Å². The van der Waals surface area contributed by atoms with Gasteiger partial charge in [0, 0.05) is 0 Å². The van der Waals surface area contributed by atoms with Gasteiger partial charge in [0.1, 0.15) is 11.2 Å². The molecular formula is C12H13ClN4O. The molecule has 0 amide bonds. The fraction of sp³-hybridized carbons (Fsp3) is 0.583. The molecule has 2 aliphatic rings. The Balaban J connectivity index is 2.81. The normalized spacial score (nSPS) is 32.3. The van der Waals surface area contributed by atoms with Gasteiger partial charge in [-0.05, 0) is 12.8 Å². The molecule has 0 saturated carbocycles. The summed E-state index contributed by atoms with van der Waals surface area (Å²) in [5.74, 6) is -0.182. The van der Waals surface area contributed by atoms with Gasteiger partial charge in [0.05, 0.1) is 17.1 Å². The Bertz CT molecular complexity index is 523. The summed E-state index contributed by atoms with van der Waals surface area (Å²) in [6, 6.07) is 4.10. The Kier molecular flexibility index (Phi) is 2.76. The van der Waals surface area contributed by atoms with Crippen LogP contribution in [0.15, 0.2) is 10.7 Å². The molecule has 1 fully saturated rings. The predicted molar refractivity (Wildman–Crippen MR) is 65.3 cm³/mol. The van der Waals surface area contributed by atoms with E-state index in [0.29, 0.717) is 12.8 Å². The van der Waals surface area contributed by atoms with E-state index in [4.69, 9.17) is 21.7 Å². The van der Waals surface area contributed by atoms with Crippen molar-refractivity contribution in [2.75, 3.05) is 0 Å². The van der Waals surface area contributed by atoms with Gasteiger partial charge in [-0.2, -0.15) is 10.5 Å². The Morgan fingerprint density at radius 2 is 2.06 bits per heavy atom. The van der Waals surface area contributed by atoms with E-state index in [-0.39, 0.29) is 16.6 Å². The first-order valence-electron chi connectivity index (χ1n) is 5.77. The predicted octanol–water partition coefficient (Wildman–Crippen LogP) is 2.21. The molecule has 2 aliphatic heterocycles. The van der Waals surface area contributed by atoms with Crippen LogP contribution in [0, 0.1) is 38.9 Å². The minimum absolute atomic E-state index is 0.0918. The Hall–Kier alpha value is -1.72. The molecular weight excluding hydrogens is 252 g/mol. The lowest BCUT2D eigenvalue weighted by atomic mass is 9.57. The lowest BCUT2D eigenvalue weighted by Gasteiger charge is -2.43. The van der Waals surface area contributed by atoms with Crippen LogP contribution in [0.4, 0.5) is 0 Å². The van der Waals surface area contributed by atoms with E-state index in [0.717, 1.165) is 0 Å². The maximum atomic E-state index is 9.61. The van der Waals surface area contributed by atoms with Crippen LogP contribution in [-0.2, 0) is 4.74 Å². The number of ether oxygens (including phenoxy) is 1. The molecule has 1 saturated heterocycles. The van der Waals surface area contributed by atoms with Crippen molar-refractivity contribution in [1.82, 2.24) is 5.32 Å².